The van der Waals surface area contributed by atoms with Crippen molar-refractivity contribution in [3.05, 3.63) is 71.5 Å². The fraction of sp³-hybridized carbons (Fsp3) is 0. The standard InChI is InChI=1S/C17H11FO3/c18-14-8-4-3-7-12(14)17(21)13-9-15(19)10-5-1-2-6-11(10)16(13)20/h1-9,19-20H. The molecular formula is C17H11FO3. The fourth-order valence-corrected chi connectivity index (χ4v) is 2.30. The molecule has 0 aliphatic heterocycles. The van der Waals surface area contributed by atoms with Gasteiger partial charge in [0.25, 0.3) is 0 Å². The molecule has 0 saturated carbocycles. The number of hydrogen-bond donors (Lipinski definition) is 2. The molecule has 0 aliphatic carbocycles. The SMILES string of the molecule is O=C(c1ccccc1F)c1cc(O)c2ccccc2c1O. The second kappa shape index (κ2) is 4.90. The van der Waals surface area contributed by atoms with E-state index in [1.807, 2.05) is 0 Å². The number of rotatable bonds is 2. The molecule has 0 unspecified atom stereocenters. The smallest absolute Gasteiger partial charge is 0.199 e. The van der Waals surface area contributed by atoms with Crippen LogP contribution >= 0.6 is 0 Å². The molecule has 0 spiro atoms. The van der Waals surface area contributed by atoms with Crippen LogP contribution in [-0.4, -0.2) is 16.0 Å². The minimum Gasteiger partial charge on any atom is -0.507 e. The lowest BCUT2D eigenvalue weighted by Crippen LogP contribution is -2.04. The molecule has 104 valence electrons. The maximum absolute atomic E-state index is 13.7. The third-order valence-corrected chi connectivity index (χ3v) is 3.36. The van der Waals surface area contributed by atoms with E-state index in [-0.39, 0.29) is 22.6 Å². The minimum atomic E-state index is -0.674. The van der Waals surface area contributed by atoms with Crippen LogP contribution in [0.1, 0.15) is 15.9 Å². The maximum atomic E-state index is 13.7. The van der Waals surface area contributed by atoms with Gasteiger partial charge in [-0.05, 0) is 18.2 Å². The number of fused-ring (bicyclic) bond motifs is 1. The molecular weight excluding hydrogens is 271 g/mol. The largest absolute Gasteiger partial charge is 0.507 e. The Morgan fingerprint density at radius 1 is 0.857 bits per heavy atom. The molecule has 21 heavy (non-hydrogen) atoms. The second-order valence-corrected chi connectivity index (χ2v) is 4.65. The van der Waals surface area contributed by atoms with Crippen molar-refractivity contribution in [2.24, 2.45) is 0 Å². The third-order valence-electron chi connectivity index (χ3n) is 3.36. The van der Waals surface area contributed by atoms with E-state index in [9.17, 15) is 19.4 Å². The van der Waals surface area contributed by atoms with Crippen molar-refractivity contribution >= 4 is 16.6 Å². The molecule has 0 aliphatic rings. The van der Waals surface area contributed by atoms with Gasteiger partial charge >= 0.3 is 0 Å². The molecule has 3 rings (SSSR count). The Morgan fingerprint density at radius 3 is 2.19 bits per heavy atom. The Bertz CT molecular complexity index is 856. The number of carbonyl (C=O) groups excluding carboxylic acids is 1. The van der Waals surface area contributed by atoms with E-state index in [1.165, 1.54) is 24.3 Å². The van der Waals surface area contributed by atoms with E-state index in [4.69, 9.17) is 0 Å². The summed E-state index contributed by atoms with van der Waals surface area (Å²) < 4.78 is 13.7. The number of benzene rings is 3. The summed E-state index contributed by atoms with van der Waals surface area (Å²) in [6.07, 6.45) is 0. The highest BCUT2D eigenvalue weighted by molar-refractivity contribution is 6.14. The van der Waals surface area contributed by atoms with Crippen LogP contribution in [0.25, 0.3) is 10.8 Å². The molecule has 3 nitrogen and oxygen atoms in total. The van der Waals surface area contributed by atoms with Gasteiger partial charge in [0, 0.05) is 10.8 Å². The minimum absolute atomic E-state index is 0.128. The van der Waals surface area contributed by atoms with Crippen molar-refractivity contribution in [2.75, 3.05) is 0 Å². The molecule has 0 bridgehead atoms. The summed E-state index contributed by atoms with van der Waals surface area (Å²) >= 11 is 0. The van der Waals surface area contributed by atoms with Gasteiger partial charge in [-0.2, -0.15) is 0 Å². The van der Waals surface area contributed by atoms with E-state index in [0.29, 0.717) is 10.8 Å². The van der Waals surface area contributed by atoms with Crippen molar-refractivity contribution in [1.82, 2.24) is 0 Å². The molecule has 4 heteroatoms. The molecule has 0 saturated heterocycles. The highest BCUT2D eigenvalue weighted by atomic mass is 19.1. The van der Waals surface area contributed by atoms with Crippen LogP contribution in [0.2, 0.25) is 0 Å². The summed E-state index contributed by atoms with van der Waals surface area (Å²) in [5.74, 6) is -1.75. The van der Waals surface area contributed by atoms with E-state index in [2.05, 4.69) is 0 Å². The predicted octanol–water partition coefficient (Wildman–Crippen LogP) is 3.62. The van der Waals surface area contributed by atoms with Crippen molar-refractivity contribution in [3.8, 4) is 11.5 Å². The zero-order chi connectivity index (χ0) is 15.0. The summed E-state index contributed by atoms with van der Waals surface area (Å²) in [6.45, 7) is 0. The van der Waals surface area contributed by atoms with Crippen LogP contribution < -0.4 is 0 Å². The molecule has 0 radical (unpaired) electrons. The molecule has 0 atom stereocenters. The molecule has 2 N–H and O–H groups in total. The van der Waals surface area contributed by atoms with E-state index < -0.39 is 11.6 Å². The Morgan fingerprint density at radius 2 is 1.48 bits per heavy atom. The third kappa shape index (κ3) is 2.10. The summed E-state index contributed by atoms with van der Waals surface area (Å²) in [6, 6.07) is 13.3. The van der Waals surface area contributed by atoms with Gasteiger partial charge in [0.2, 0.25) is 0 Å². The summed E-state index contributed by atoms with van der Waals surface area (Å²) in [5.41, 5.74) is -0.279. The molecule has 3 aromatic carbocycles. The van der Waals surface area contributed by atoms with E-state index >= 15 is 0 Å². The summed E-state index contributed by atoms with van der Waals surface area (Å²) in [7, 11) is 0. The zero-order valence-electron chi connectivity index (χ0n) is 10.9. The van der Waals surface area contributed by atoms with Gasteiger partial charge in [-0.25, -0.2) is 4.39 Å². The first kappa shape index (κ1) is 13.1. The van der Waals surface area contributed by atoms with E-state index in [0.717, 1.165) is 6.07 Å². The van der Waals surface area contributed by atoms with Gasteiger partial charge < -0.3 is 10.2 Å². The Labute approximate surface area is 119 Å². The topological polar surface area (TPSA) is 57.5 Å². The average Bonchev–Trinajstić information content (AvgIpc) is 2.51. The maximum Gasteiger partial charge on any atom is 0.199 e. The molecule has 0 aromatic heterocycles. The zero-order valence-corrected chi connectivity index (χ0v) is 10.9. The lowest BCUT2D eigenvalue weighted by atomic mass is 9.97. The molecule has 0 heterocycles. The number of hydrogen-bond acceptors (Lipinski definition) is 3. The van der Waals surface area contributed by atoms with Gasteiger partial charge in [0.05, 0.1) is 11.1 Å². The van der Waals surface area contributed by atoms with Crippen LogP contribution in [0.3, 0.4) is 0 Å². The number of ketones is 1. The van der Waals surface area contributed by atoms with Crippen molar-refractivity contribution in [1.29, 1.82) is 0 Å². The van der Waals surface area contributed by atoms with Crippen LogP contribution in [0, 0.1) is 5.82 Å². The van der Waals surface area contributed by atoms with Gasteiger partial charge in [-0.1, -0.05) is 36.4 Å². The first-order valence-electron chi connectivity index (χ1n) is 6.32. The summed E-state index contributed by atoms with van der Waals surface area (Å²) in [5, 5.41) is 21.0. The normalized spacial score (nSPS) is 10.7. The fourth-order valence-electron chi connectivity index (χ4n) is 2.30. The monoisotopic (exact) mass is 282 g/mol. The molecule has 0 amide bonds. The van der Waals surface area contributed by atoms with Crippen molar-refractivity contribution in [3.63, 3.8) is 0 Å². The predicted molar refractivity (Wildman–Crippen MR) is 77.1 cm³/mol. The van der Waals surface area contributed by atoms with Gasteiger partial charge in [-0.3, -0.25) is 4.79 Å². The Balaban J connectivity index is 2.24. The summed E-state index contributed by atoms with van der Waals surface area (Å²) in [4.78, 5) is 12.4. The number of halogens is 1. The Hall–Kier alpha value is -2.88. The number of carbonyl (C=O) groups is 1. The second-order valence-electron chi connectivity index (χ2n) is 4.65. The lowest BCUT2D eigenvalue weighted by Gasteiger charge is -2.09. The van der Waals surface area contributed by atoms with Gasteiger partial charge in [0.15, 0.2) is 5.78 Å². The van der Waals surface area contributed by atoms with Gasteiger partial charge in [-0.15, -0.1) is 0 Å². The number of aromatic hydroxyl groups is 2. The average molecular weight is 282 g/mol. The first-order valence-corrected chi connectivity index (χ1v) is 6.32. The molecule has 0 fully saturated rings. The van der Waals surface area contributed by atoms with Crippen LogP contribution in [0.5, 0.6) is 11.5 Å². The van der Waals surface area contributed by atoms with Crippen LogP contribution in [-0.2, 0) is 0 Å². The Kier molecular flexibility index (Phi) is 3.06. The molecule has 3 aromatic rings. The number of phenols is 2. The van der Waals surface area contributed by atoms with Crippen LogP contribution in [0.15, 0.2) is 54.6 Å². The highest BCUT2D eigenvalue weighted by Crippen LogP contribution is 2.36. The quantitative estimate of drug-likeness (QED) is 0.557. The lowest BCUT2D eigenvalue weighted by molar-refractivity contribution is 0.103. The van der Waals surface area contributed by atoms with E-state index in [1.54, 1.807) is 24.3 Å². The van der Waals surface area contributed by atoms with Gasteiger partial charge in [0.1, 0.15) is 17.3 Å². The number of phenolic OH excluding ortho intramolecular Hbond substituents is 2. The van der Waals surface area contributed by atoms with Crippen molar-refractivity contribution < 1.29 is 19.4 Å². The first-order chi connectivity index (χ1) is 10.1. The van der Waals surface area contributed by atoms with Crippen molar-refractivity contribution in [2.45, 2.75) is 0 Å². The van der Waals surface area contributed by atoms with Crippen LogP contribution in [0.4, 0.5) is 4.39 Å². The highest BCUT2D eigenvalue weighted by Gasteiger charge is 2.20.